The van der Waals surface area contributed by atoms with Gasteiger partial charge in [-0.1, -0.05) is 24.3 Å². The molecule has 1 atom stereocenters. The van der Waals surface area contributed by atoms with Gasteiger partial charge in [0.2, 0.25) is 0 Å². The molecule has 0 saturated carbocycles. The van der Waals surface area contributed by atoms with E-state index in [1.165, 1.54) is 47.3 Å². The Morgan fingerprint density at radius 2 is 2.09 bits per heavy atom. The van der Waals surface area contributed by atoms with Crippen molar-refractivity contribution in [2.45, 2.75) is 38.3 Å². The minimum Gasteiger partial charge on any atom is -0.348 e. The van der Waals surface area contributed by atoms with Gasteiger partial charge in [-0.3, -0.25) is 5.32 Å². The van der Waals surface area contributed by atoms with Crippen molar-refractivity contribution in [1.82, 2.24) is 15.3 Å². The fourth-order valence-electron chi connectivity index (χ4n) is 3.36. The highest BCUT2D eigenvalue weighted by Gasteiger charge is 2.18. The lowest BCUT2D eigenvalue weighted by Gasteiger charge is -2.22. The molecule has 1 aliphatic rings. The molecule has 0 bridgehead atoms. The molecule has 4 heteroatoms. The van der Waals surface area contributed by atoms with Crippen LogP contribution in [-0.4, -0.2) is 9.97 Å². The highest BCUT2D eigenvalue weighted by Crippen LogP contribution is 2.30. The summed E-state index contributed by atoms with van der Waals surface area (Å²) in [5.74, 6) is 0.976. The predicted molar refractivity (Wildman–Crippen MR) is 94.7 cm³/mol. The molecule has 2 aromatic heterocycles. The first kappa shape index (κ1) is 14.7. The number of nitrogens with zero attached hydrogens (tertiary/aromatic N) is 1. The summed E-state index contributed by atoms with van der Waals surface area (Å²) >= 11 is 1.81. The molecule has 2 N–H and O–H groups in total. The van der Waals surface area contributed by atoms with Gasteiger partial charge < -0.3 is 4.98 Å². The van der Waals surface area contributed by atoms with E-state index in [-0.39, 0.29) is 6.04 Å². The summed E-state index contributed by atoms with van der Waals surface area (Å²) in [6.07, 6.45) is 8.78. The Balaban J connectivity index is 1.62. The standard InChI is InChI=1S/C19H21N3S/c1-2-5-15-12-16(8-7-14(15)4-1)19(17-6-3-11-23-17)22-13-18-20-9-10-21-18/h3,6-12,19,22H,1-2,4-5,13H2,(H,20,21). The summed E-state index contributed by atoms with van der Waals surface area (Å²) in [7, 11) is 0. The lowest BCUT2D eigenvalue weighted by atomic mass is 9.89. The number of rotatable bonds is 5. The zero-order valence-electron chi connectivity index (χ0n) is 13.1. The van der Waals surface area contributed by atoms with E-state index < -0.39 is 0 Å². The maximum Gasteiger partial charge on any atom is 0.120 e. The van der Waals surface area contributed by atoms with E-state index in [0.29, 0.717) is 0 Å². The first-order chi connectivity index (χ1) is 11.4. The van der Waals surface area contributed by atoms with Gasteiger partial charge in [0, 0.05) is 17.3 Å². The minimum atomic E-state index is 0.229. The number of hydrogen-bond acceptors (Lipinski definition) is 3. The van der Waals surface area contributed by atoms with E-state index in [1.807, 2.05) is 17.5 Å². The van der Waals surface area contributed by atoms with Gasteiger partial charge in [-0.2, -0.15) is 0 Å². The molecule has 0 spiro atoms. The van der Waals surface area contributed by atoms with Crippen molar-refractivity contribution in [3.05, 3.63) is 75.5 Å². The number of aromatic nitrogens is 2. The molecular weight excluding hydrogens is 302 g/mol. The lowest BCUT2D eigenvalue weighted by molar-refractivity contribution is 0.594. The van der Waals surface area contributed by atoms with Crippen LogP contribution in [0.3, 0.4) is 0 Å². The molecule has 118 valence electrons. The normalized spacial score (nSPS) is 15.3. The number of nitrogens with one attached hydrogen (secondary N) is 2. The third-order valence-corrected chi connectivity index (χ3v) is 5.50. The molecule has 3 aromatic rings. The number of benzene rings is 1. The molecule has 1 aromatic carbocycles. The Hall–Kier alpha value is -1.91. The number of aromatic amines is 1. The molecule has 4 rings (SSSR count). The van der Waals surface area contributed by atoms with Crippen molar-refractivity contribution < 1.29 is 0 Å². The zero-order valence-corrected chi connectivity index (χ0v) is 13.9. The zero-order chi connectivity index (χ0) is 15.5. The molecule has 1 unspecified atom stereocenters. The second-order valence-corrected chi connectivity index (χ2v) is 7.08. The quantitative estimate of drug-likeness (QED) is 0.738. The maximum absolute atomic E-state index is 4.32. The fourth-order valence-corrected chi connectivity index (χ4v) is 4.19. The number of aryl methyl sites for hydroxylation is 2. The lowest BCUT2D eigenvalue weighted by Crippen LogP contribution is -2.22. The van der Waals surface area contributed by atoms with Crippen LogP contribution in [0, 0.1) is 0 Å². The highest BCUT2D eigenvalue weighted by molar-refractivity contribution is 7.10. The fraction of sp³-hybridized carbons (Fsp3) is 0.316. The van der Waals surface area contributed by atoms with Gasteiger partial charge in [-0.25, -0.2) is 4.98 Å². The van der Waals surface area contributed by atoms with E-state index in [2.05, 4.69) is 51.0 Å². The van der Waals surface area contributed by atoms with Crippen LogP contribution in [-0.2, 0) is 19.4 Å². The van der Waals surface area contributed by atoms with Crippen molar-refractivity contribution in [2.75, 3.05) is 0 Å². The SMILES string of the molecule is c1csc(C(NCc2ncc[nH]2)c2ccc3c(c2)CCCC3)c1. The van der Waals surface area contributed by atoms with Crippen LogP contribution < -0.4 is 5.32 Å². The Morgan fingerprint density at radius 1 is 1.17 bits per heavy atom. The third-order valence-electron chi connectivity index (χ3n) is 4.56. The Labute approximate surface area is 140 Å². The van der Waals surface area contributed by atoms with Gasteiger partial charge >= 0.3 is 0 Å². The van der Waals surface area contributed by atoms with Crippen LogP contribution in [0.5, 0.6) is 0 Å². The maximum atomic E-state index is 4.32. The Bertz CT molecular complexity index is 747. The molecule has 0 fully saturated rings. The van der Waals surface area contributed by atoms with Crippen LogP contribution in [0.1, 0.15) is 46.3 Å². The van der Waals surface area contributed by atoms with Crippen LogP contribution in [0.15, 0.2) is 48.1 Å². The summed E-state index contributed by atoms with van der Waals surface area (Å²) in [6, 6.07) is 11.6. The molecule has 0 aliphatic heterocycles. The van der Waals surface area contributed by atoms with Crippen molar-refractivity contribution in [2.24, 2.45) is 0 Å². The number of thiophene rings is 1. The molecular formula is C19H21N3S. The summed E-state index contributed by atoms with van der Waals surface area (Å²) in [4.78, 5) is 8.84. The van der Waals surface area contributed by atoms with Crippen LogP contribution >= 0.6 is 11.3 Å². The van der Waals surface area contributed by atoms with E-state index >= 15 is 0 Å². The molecule has 23 heavy (non-hydrogen) atoms. The molecule has 0 amide bonds. The van der Waals surface area contributed by atoms with E-state index in [4.69, 9.17) is 0 Å². The number of hydrogen-bond donors (Lipinski definition) is 2. The highest BCUT2D eigenvalue weighted by atomic mass is 32.1. The predicted octanol–water partition coefficient (Wildman–Crippen LogP) is 4.23. The molecule has 1 aliphatic carbocycles. The molecule has 2 heterocycles. The van der Waals surface area contributed by atoms with Gasteiger partial charge in [0.05, 0.1) is 12.6 Å². The Morgan fingerprint density at radius 3 is 2.87 bits per heavy atom. The van der Waals surface area contributed by atoms with Gasteiger partial charge in [0.15, 0.2) is 0 Å². The Kier molecular flexibility index (Phi) is 4.26. The molecule has 3 nitrogen and oxygen atoms in total. The van der Waals surface area contributed by atoms with Crippen LogP contribution in [0.4, 0.5) is 0 Å². The molecule has 0 saturated heterocycles. The van der Waals surface area contributed by atoms with Crippen LogP contribution in [0.25, 0.3) is 0 Å². The van der Waals surface area contributed by atoms with Crippen LogP contribution in [0.2, 0.25) is 0 Å². The number of imidazole rings is 1. The second kappa shape index (κ2) is 6.69. The smallest absolute Gasteiger partial charge is 0.120 e. The second-order valence-electron chi connectivity index (χ2n) is 6.10. The monoisotopic (exact) mass is 323 g/mol. The van der Waals surface area contributed by atoms with Gasteiger partial charge in [0.25, 0.3) is 0 Å². The van der Waals surface area contributed by atoms with E-state index in [1.54, 1.807) is 6.20 Å². The summed E-state index contributed by atoms with van der Waals surface area (Å²) in [6.45, 7) is 0.743. The average Bonchev–Trinajstić information content (AvgIpc) is 3.29. The number of H-pyrrole nitrogens is 1. The van der Waals surface area contributed by atoms with Crippen molar-refractivity contribution in [1.29, 1.82) is 0 Å². The summed E-state index contributed by atoms with van der Waals surface area (Å²) < 4.78 is 0. The van der Waals surface area contributed by atoms with Gasteiger partial charge in [-0.05, 0) is 53.8 Å². The van der Waals surface area contributed by atoms with E-state index in [9.17, 15) is 0 Å². The number of fused-ring (bicyclic) bond motifs is 1. The average molecular weight is 323 g/mol. The largest absolute Gasteiger partial charge is 0.348 e. The van der Waals surface area contributed by atoms with Crippen molar-refractivity contribution >= 4 is 11.3 Å². The van der Waals surface area contributed by atoms with Crippen molar-refractivity contribution in [3.8, 4) is 0 Å². The van der Waals surface area contributed by atoms with Crippen molar-refractivity contribution in [3.63, 3.8) is 0 Å². The van der Waals surface area contributed by atoms with E-state index in [0.717, 1.165) is 12.4 Å². The first-order valence-corrected chi connectivity index (χ1v) is 9.15. The van der Waals surface area contributed by atoms with Gasteiger partial charge in [-0.15, -0.1) is 11.3 Å². The topological polar surface area (TPSA) is 40.7 Å². The summed E-state index contributed by atoms with van der Waals surface area (Å²) in [5, 5.41) is 5.81. The van der Waals surface area contributed by atoms with Gasteiger partial charge in [0.1, 0.15) is 5.82 Å². The third kappa shape index (κ3) is 3.23. The minimum absolute atomic E-state index is 0.229. The first-order valence-electron chi connectivity index (χ1n) is 8.27. The summed E-state index contributed by atoms with van der Waals surface area (Å²) in [5.41, 5.74) is 4.44. The molecule has 0 radical (unpaired) electrons.